The number of hydrogen-bond donors (Lipinski definition) is 2. The molecule has 1 aromatic rings. The maximum Gasteiger partial charge on any atom is 0.347 e. The first-order valence-corrected chi connectivity index (χ1v) is 5.32. The predicted octanol–water partition coefficient (Wildman–Crippen LogP) is 1.18. The minimum Gasteiger partial charge on any atom is -0.477 e. The second-order valence-corrected chi connectivity index (χ2v) is 4.04. The van der Waals surface area contributed by atoms with E-state index in [2.05, 4.69) is 10.3 Å². The fraction of sp³-hybridized carbons (Fsp3) is 0.444. The van der Waals surface area contributed by atoms with Gasteiger partial charge in [0.25, 0.3) is 0 Å². The zero-order valence-electron chi connectivity index (χ0n) is 8.53. The van der Waals surface area contributed by atoms with Gasteiger partial charge in [-0.1, -0.05) is 6.92 Å². The van der Waals surface area contributed by atoms with Gasteiger partial charge in [-0.3, -0.25) is 4.79 Å². The molecule has 0 fully saturated rings. The summed E-state index contributed by atoms with van der Waals surface area (Å²) >= 11 is 1.09. The molecule has 0 atom stereocenters. The van der Waals surface area contributed by atoms with Crippen LogP contribution < -0.4 is 5.32 Å². The number of aromatic nitrogens is 1. The Balaban J connectivity index is 2.67. The Labute approximate surface area is 91.1 Å². The third kappa shape index (κ3) is 3.02. The highest BCUT2D eigenvalue weighted by molar-refractivity contribution is 7.13. The molecular formula is C9H12N2O3S. The van der Waals surface area contributed by atoms with Gasteiger partial charge in [0.1, 0.15) is 9.88 Å². The third-order valence-electron chi connectivity index (χ3n) is 1.79. The van der Waals surface area contributed by atoms with Crippen LogP contribution in [0.4, 0.5) is 0 Å². The van der Waals surface area contributed by atoms with E-state index in [4.69, 9.17) is 5.11 Å². The van der Waals surface area contributed by atoms with Crippen molar-refractivity contribution in [3.05, 3.63) is 15.6 Å². The van der Waals surface area contributed by atoms with Gasteiger partial charge in [0, 0.05) is 6.42 Å². The summed E-state index contributed by atoms with van der Waals surface area (Å²) in [7, 11) is 0. The molecule has 0 aliphatic carbocycles. The molecule has 0 aromatic carbocycles. The second kappa shape index (κ2) is 4.88. The largest absolute Gasteiger partial charge is 0.477 e. The molecule has 0 saturated heterocycles. The molecule has 0 unspecified atom stereocenters. The van der Waals surface area contributed by atoms with Gasteiger partial charge in [0.15, 0.2) is 0 Å². The molecule has 1 heterocycles. The van der Waals surface area contributed by atoms with E-state index in [1.807, 2.05) is 0 Å². The highest BCUT2D eigenvalue weighted by Crippen LogP contribution is 2.17. The molecule has 0 saturated carbocycles. The van der Waals surface area contributed by atoms with E-state index in [0.717, 1.165) is 11.3 Å². The first-order valence-electron chi connectivity index (χ1n) is 4.51. The van der Waals surface area contributed by atoms with Gasteiger partial charge in [-0.25, -0.2) is 9.78 Å². The Morgan fingerprint density at radius 2 is 2.20 bits per heavy atom. The Hall–Kier alpha value is -1.43. The monoisotopic (exact) mass is 228 g/mol. The smallest absolute Gasteiger partial charge is 0.347 e. The maximum absolute atomic E-state index is 11.0. The number of carbonyl (C=O) groups excluding carboxylic acids is 1. The van der Waals surface area contributed by atoms with Gasteiger partial charge in [-0.15, -0.1) is 11.3 Å². The Morgan fingerprint density at radius 3 is 2.67 bits per heavy atom. The SMILES string of the molecule is CCC(=O)NCc1nc(C)c(C(=O)O)s1. The van der Waals surface area contributed by atoms with Crippen LogP contribution in [0.1, 0.15) is 33.7 Å². The summed E-state index contributed by atoms with van der Waals surface area (Å²) in [6.45, 7) is 3.70. The molecular weight excluding hydrogens is 216 g/mol. The fourth-order valence-electron chi connectivity index (χ4n) is 1.03. The lowest BCUT2D eigenvalue weighted by atomic mass is 10.4. The van der Waals surface area contributed by atoms with Crippen molar-refractivity contribution in [3.8, 4) is 0 Å². The average Bonchev–Trinajstić information content (AvgIpc) is 2.56. The van der Waals surface area contributed by atoms with Crippen LogP contribution in [0.3, 0.4) is 0 Å². The molecule has 0 radical (unpaired) electrons. The fourth-order valence-corrected chi connectivity index (χ4v) is 1.87. The van der Waals surface area contributed by atoms with Crippen molar-refractivity contribution in [2.45, 2.75) is 26.8 Å². The molecule has 0 aliphatic rings. The number of hydrogen-bond acceptors (Lipinski definition) is 4. The van der Waals surface area contributed by atoms with Crippen molar-refractivity contribution in [2.24, 2.45) is 0 Å². The molecule has 0 spiro atoms. The quantitative estimate of drug-likeness (QED) is 0.811. The Bertz CT molecular complexity index is 387. The number of carbonyl (C=O) groups is 2. The Morgan fingerprint density at radius 1 is 1.53 bits per heavy atom. The average molecular weight is 228 g/mol. The number of thiazole rings is 1. The van der Waals surface area contributed by atoms with Crippen LogP contribution in [0.25, 0.3) is 0 Å². The van der Waals surface area contributed by atoms with Crippen molar-refractivity contribution in [1.82, 2.24) is 10.3 Å². The number of amides is 1. The van der Waals surface area contributed by atoms with Crippen molar-refractivity contribution in [2.75, 3.05) is 0 Å². The standard InChI is InChI=1S/C9H12N2O3S/c1-3-6(12)10-4-7-11-5(2)8(15-7)9(13)14/h3-4H2,1-2H3,(H,10,12)(H,13,14). The highest BCUT2D eigenvalue weighted by atomic mass is 32.1. The molecule has 2 N–H and O–H groups in total. The van der Waals surface area contributed by atoms with E-state index < -0.39 is 5.97 Å². The normalized spacial score (nSPS) is 10.0. The lowest BCUT2D eigenvalue weighted by molar-refractivity contribution is -0.120. The molecule has 0 aliphatic heterocycles. The molecule has 1 rings (SSSR count). The number of carboxylic acids is 1. The third-order valence-corrected chi connectivity index (χ3v) is 2.94. The summed E-state index contributed by atoms with van der Waals surface area (Å²) in [4.78, 5) is 26.0. The summed E-state index contributed by atoms with van der Waals surface area (Å²) in [6, 6.07) is 0. The minimum absolute atomic E-state index is 0.0697. The zero-order valence-corrected chi connectivity index (χ0v) is 9.35. The lowest BCUT2D eigenvalue weighted by Gasteiger charge is -1.98. The number of nitrogens with zero attached hydrogens (tertiary/aromatic N) is 1. The van der Waals surface area contributed by atoms with Crippen LogP contribution in [0.2, 0.25) is 0 Å². The van der Waals surface area contributed by atoms with Crippen LogP contribution in [0.15, 0.2) is 0 Å². The number of rotatable bonds is 4. The first kappa shape index (κ1) is 11.6. The van der Waals surface area contributed by atoms with Crippen LogP contribution in [-0.4, -0.2) is 22.0 Å². The first-order chi connectivity index (χ1) is 7.04. The minimum atomic E-state index is -0.974. The van der Waals surface area contributed by atoms with E-state index >= 15 is 0 Å². The van der Waals surface area contributed by atoms with Crippen LogP contribution >= 0.6 is 11.3 Å². The molecule has 0 bridgehead atoms. The van der Waals surface area contributed by atoms with E-state index in [1.165, 1.54) is 0 Å². The topological polar surface area (TPSA) is 79.3 Å². The molecule has 15 heavy (non-hydrogen) atoms. The number of carboxylic acid groups (broad SMARTS) is 1. The maximum atomic E-state index is 11.0. The predicted molar refractivity (Wildman–Crippen MR) is 55.9 cm³/mol. The molecule has 1 amide bonds. The summed E-state index contributed by atoms with van der Waals surface area (Å²) in [5, 5.41) is 12.0. The lowest BCUT2D eigenvalue weighted by Crippen LogP contribution is -2.21. The van der Waals surface area contributed by atoms with Crippen molar-refractivity contribution in [1.29, 1.82) is 0 Å². The molecule has 1 aromatic heterocycles. The molecule has 5 nitrogen and oxygen atoms in total. The van der Waals surface area contributed by atoms with Gasteiger partial charge in [-0.05, 0) is 6.92 Å². The van der Waals surface area contributed by atoms with Crippen molar-refractivity contribution in [3.63, 3.8) is 0 Å². The van der Waals surface area contributed by atoms with Gasteiger partial charge >= 0.3 is 5.97 Å². The van der Waals surface area contributed by atoms with Crippen molar-refractivity contribution >= 4 is 23.2 Å². The summed E-state index contributed by atoms with van der Waals surface area (Å²) in [6.07, 6.45) is 0.413. The summed E-state index contributed by atoms with van der Waals surface area (Å²) < 4.78 is 0. The molecule has 6 heteroatoms. The number of aromatic carboxylic acids is 1. The number of aryl methyl sites for hydroxylation is 1. The molecule has 82 valence electrons. The highest BCUT2D eigenvalue weighted by Gasteiger charge is 2.13. The Kier molecular flexibility index (Phi) is 3.79. The van der Waals surface area contributed by atoms with Crippen LogP contribution in [-0.2, 0) is 11.3 Å². The van der Waals surface area contributed by atoms with Crippen LogP contribution in [0.5, 0.6) is 0 Å². The van der Waals surface area contributed by atoms with Gasteiger partial charge in [0.2, 0.25) is 5.91 Å². The van der Waals surface area contributed by atoms with E-state index in [0.29, 0.717) is 23.7 Å². The van der Waals surface area contributed by atoms with Crippen molar-refractivity contribution < 1.29 is 14.7 Å². The van der Waals surface area contributed by atoms with Gasteiger partial charge in [-0.2, -0.15) is 0 Å². The van der Waals surface area contributed by atoms with Gasteiger partial charge in [0.05, 0.1) is 12.2 Å². The van der Waals surface area contributed by atoms with E-state index in [9.17, 15) is 9.59 Å². The summed E-state index contributed by atoms with van der Waals surface area (Å²) in [5.74, 6) is -1.04. The second-order valence-electron chi connectivity index (χ2n) is 2.96. The van der Waals surface area contributed by atoms with E-state index in [1.54, 1.807) is 13.8 Å². The number of nitrogens with one attached hydrogen (secondary N) is 1. The van der Waals surface area contributed by atoms with Gasteiger partial charge < -0.3 is 10.4 Å². The summed E-state index contributed by atoms with van der Waals surface area (Å²) in [5.41, 5.74) is 0.494. The zero-order chi connectivity index (χ0) is 11.4. The van der Waals surface area contributed by atoms with Crippen LogP contribution in [0, 0.1) is 6.92 Å². The van der Waals surface area contributed by atoms with E-state index in [-0.39, 0.29) is 10.8 Å².